The van der Waals surface area contributed by atoms with Crippen LogP contribution in [-0.2, 0) is 13.6 Å². The number of hydrogen-bond acceptors (Lipinski definition) is 5. The summed E-state index contributed by atoms with van der Waals surface area (Å²) in [6.45, 7) is 0.535. The van der Waals surface area contributed by atoms with Crippen LogP contribution in [0.5, 0.6) is 0 Å². The number of thioether (sulfide) groups is 1. The van der Waals surface area contributed by atoms with Gasteiger partial charge in [-0.2, -0.15) is 0 Å². The maximum Gasteiger partial charge on any atom is 0.267 e. The predicted octanol–water partition coefficient (Wildman–Crippen LogP) is 1.74. The molecule has 1 aromatic carbocycles. The lowest BCUT2D eigenvalue weighted by Crippen LogP contribution is -2.36. The molecule has 0 unspecified atom stereocenters. The zero-order chi connectivity index (χ0) is 19.0. The molecule has 0 saturated carbocycles. The second-order valence-corrected chi connectivity index (χ2v) is 7.18. The molecular formula is C18H16FN5O2S. The van der Waals surface area contributed by atoms with Crippen molar-refractivity contribution in [3.63, 3.8) is 0 Å². The van der Waals surface area contributed by atoms with E-state index in [4.69, 9.17) is 0 Å². The number of imidazole rings is 1. The number of benzene rings is 1. The van der Waals surface area contributed by atoms with Gasteiger partial charge in [-0.25, -0.2) is 14.4 Å². The van der Waals surface area contributed by atoms with Gasteiger partial charge in [0.2, 0.25) is 0 Å². The van der Waals surface area contributed by atoms with Crippen molar-refractivity contribution >= 4 is 17.7 Å². The average molecular weight is 385 g/mol. The van der Waals surface area contributed by atoms with E-state index >= 15 is 0 Å². The average Bonchev–Trinajstić information content (AvgIpc) is 3.30. The fourth-order valence-electron chi connectivity index (χ4n) is 2.99. The molecule has 27 heavy (non-hydrogen) atoms. The van der Waals surface area contributed by atoms with E-state index in [0.717, 1.165) is 5.75 Å². The van der Waals surface area contributed by atoms with Crippen LogP contribution in [0, 0.1) is 5.82 Å². The van der Waals surface area contributed by atoms with Crippen LogP contribution in [0.25, 0.3) is 0 Å². The lowest BCUT2D eigenvalue weighted by molar-refractivity contribution is 0.0938. The Bertz CT molecular complexity index is 1060. The topological polar surface area (TPSA) is 81.8 Å². The first-order valence-electron chi connectivity index (χ1n) is 8.31. The molecule has 0 radical (unpaired) electrons. The van der Waals surface area contributed by atoms with E-state index in [1.807, 2.05) is 0 Å². The van der Waals surface area contributed by atoms with Gasteiger partial charge < -0.3 is 9.88 Å². The third-order valence-electron chi connectivity index (χ3n) is 4.40. The van der Waals surface area contributed by atoms with Crippen molar-refractivity contribution in [1.82, 2.24) is 24.4 Å². The summed E-state index contributed by atoms with van der Waals surface area (Å²) in [6, 6.07) is 5.17. The third-order valence-corrected chi connectivity index (χ3v) is 5.37. The van der Waals surface area contributed by atoms with Crippen LogP contribution in [-0.4, -0.2) is 30.8 Å². The normalized spacial score (nSPS) is 14.0. The molecule has 0 aliphatic carbocycles. The minimum atomic E-state index is -0.634. The highest BCUT2D eigenvalue weighted by molar-refractivity contribution is 7.99. The monoisotopic (exact) mass is 385 g/mol. The predicted molar refractivity (Wildman–Crippen MR) is 98.1 cm³/mol. The number of hydrogen-bond donors (Lipinski definition) is 1. The molecule has 1 amide bonds. The van der Waals surface area contributed by atoms with Crippen molar-refractivity contribution in [3.8, 4) is 0 Å². The summed E-state index contributed by atoms with van der Waals surface area (Å²) in [5.74, 6) is 0.415. The zero-order valence-corrected chi connectivity index (χ0v) is 15.2. The van der Waals surface area contributed by atoms with Crippen LogP contribution >= 0.6 is 11.8 Å². The van der Waals surface area contributed by atoms with Gasteiger partial charge in [-0.05, 0) is 17.7 Å². The molecule has 4 rings (SSSR count). The molecule has 2 aromatic heterocycles. The highest BCUT2D eigenvalue weighted by Crippen LogP contribution is 2.23. The molecule has 1 atom stereocenters. The lowest BCUT2D eigenvalue weighted by atomic mass is 10.1. The molecule has 0 bridgehead atoms. The summed E-state index contributed by atoms with van der Waals surface area (Å²) < 4.78 is 16.6. The minimum Gasteiger partial charge on any atom is -0.338 e. The number of nitrogens with one attached hydrogen (secondary N) is 1. The molecule has 7 nitrogen and oxygen atoms in total. The molecule has 3 heterocycles. The Kier molecular flexibility index (Phi) is 4.53. The fraction of sp³-hybridized carbons (Fsp3) is 0.222. The Morgan fingerprint density at radius 2 is 2.07 bits per heavy atom. The molecule has 3 aromatic rings. The molecule has 9 heteroatoms. The molecular weight excluding hydrogens is 369 g/mol. The Labute approximate surface area is 158 Å². The van der Waals surface area contributed by atoms with Crippen molar-refractivity contribution < 1.29 is 9.18 Å². The van der Waals surface area contributed by atoms with Gasteiger partial charge in [0.25, 0.3) is 11.5 Å². The highest BCUT2D eigenvalue weighted by atomic mass is 32.2. The Balaban J connectivity index is 1.70. The second kappa shape index (κ2) is 6.99. The molecule has 0 saturated heterocycles. The van der Waals surface area contributed by atoms with Crippen molar-refractivity contribution in [2.75, 3.05) is 5.75 Å². The summed E-state index contributed by atoms with van der Waals surface area (Å²) in [6.07, 6.45) is 4.67. The summed E-state index contributed by atoms with van der Waals surface area (Å²) in [5.41, 5.74) is 0.270. The lowest BCUT2D eigenvalue weighted by Gasteiger charge is -2.19. The first kappa shape index (κ1) is 17.5. The first-order chi connectivity index (χ1) is 13.0. The Morgan fingerprint density at radius 3 is 2.78 bits per heavy atom. The summed E-state index contributed by atoms with van der Waals surface area (Å²) >= 11 is 1.49. The van der Waals surface area contributed by atoms with Gasteiger partial charge >= 0.3 is 0 Å². The molecule has 1 aliphatic rings. The molecule has 0 spiro atoms. The molecule has 0 fully saturated rings. The van der Waals surface area contributed by atoms with E-state index in [1.165, 1.54) is 34.7 Å². The van der Waals surface area contributed by atoms with Gasteiger partial charge in [-0.1, -0.05) is 23.9 Å². The van der Waals surface area contributed by atoms with E-state index in [-0.39, 0.29) is 16.9 Å². The molecule has 138 valence electrons. The SMILES string of the molecule is Cn1ccnc1[C@H](NC(=O)c1cnc2n(c1=O)CCS2)c1ccc(F)cc1. The molecule has 1 aliphatic heterocycles. The van der Waals surface area contributed by atoms with Gasteiger partial charge in [0, 0.05) is 37.9 Å². The van der Waals surface area contributed by atoms with Crippen LogP contribution in [0.15, 0.2) is 52.8 Å². The largest absolute Gasteiger partial charge is 0.338 e. The van der Waals surface area contributed by atoms with Crippen LogP contribution in [0.1, 0.15) is 27.8 Å². The smallest absolute Gasteiger partial charge is 0.267 e. The van der Waals surface area contributed by atoms with Crippen molar-refractivity contribution in [3.05, 3.63) is 76.0 Å². The maximum atomic E-state index is 13.3. The number of aromatic nitrogens is 4. The second-order valence-electron chi connectivity index (χ2n) is 6.11. The number of halogens is 1. The van der Waals surface area contributed by atoms with E-state index in [0.29, 0.717) is 23.1 Å². The van der Waals surface area contributed by atoms with Gasteiger partial charge in [-0.15, -0.1) is 0 Å². The number of aryl methyl sites for hydroxylation is 1. The number of fused-ring (bicyclic) bond motifs is 1. The Hall–Kier alpha value is -2.94. The highest BCUT2D eigenvalue weighted by Gasteiger charge is 2.25. The zero-order valence-electron chi connectivity index (χ0n) is 14.4. The van der Waals surface area contributed by atoms with Crippen LogP contribution in [0.4, 0.5) is 4.39 Å². The van der Waals surface area contributed by atoms with Crippen LogP contribution in [0.3, 0.4) is 0 Å². The maximum absolute atomic E-state index is 13.3. The number of rotatable bonds is 4. The quantitative estimate of drug-likeness (QED) is 0.692. The first-order valence-corrected chi connectivity index (χ1v) is 9.29. The standard InChI is InChI=1S/C18H16FN5O2S/c1-23-7-6-20-15(23)14(11-2-4-12(19)5-3-11)22-16(25)13-10-21-18-24(17(13)26)8-9-27-18/h2-7,10,14H,8-9H2,1H3,(H,22,25)/t14-/m1/s1. The van der Waals surface area contributed by atoms with E-state index in [1.54, 1.807) is 36.1 Å². The number of carbonyl (C=O) groups is 1. The van der Waals surface area contributed by atoms with Gasteiger partial charge in [0.05, 0.1) is 0 Å². The van der Waals surface area contributed by atoms with E-state index in [2.05, 4.69) is 15.3 Å². The van der Waals surface area contributed by atoms with Gasteiger partial charge in [-0.3, -0.25) is 14.2 Å². The van der Waals surface area contributed by atoms with Crippen molar-refractivity contribution in [1.29, 1.82) is 0 Å². The van der Waals surface area contributed by atoms with Gasteiger partial charge in [0.15, 0.2) is 5.16 Å². The summed E-state index contributed by atoms with van der Waals surface area (Å²) in [5, 5.41) is 3.46. The summed E-state index contributed by atoms with van der Waals surface area (Å²) in [7, 11) is 1.80. The van der Waals surface area contributed by atoms with Crippen LogP contribution in [0.2, 0.25) is 0 Å². The Morgan fingerprint density at radius 1 is 1.30 bits per heavy atom. The third kappa shape index (κ3) is 3.25. The van der Waals surface area contributed by atoms with Crippen molar-refractivity contribution in [2.45, 2.75) is 17.7 Å². The fourth-order valence-corrected chi connectivity index (χ4v) is 3.90. The number of nitrogens with zero attached hydrogens (tertiary/aromatic N) is 4. The molecule has 1 N–H and O–H groups in total. The van der Waals surface area contributed by atoms with Gasteiger partial charge in [0.1, 0.15) is 23.2 Å². The summed E-state index contributed by atoms with van der Waals surface area (Å²) in [4.78, 5) is 33.9. The number of amides is 1. The van der Waals surface area contributed by atoms with Crippen molar-refractivity contribution in [2.24, 2.45) is 7.05 Å². The minimum absolute atomic E-state index is 0.0254. The van der Waals surface area contributed by atoms with E-state index in [9.17, 15) is 14.0 Å². The van der Waals surface area contributed by atoms with E-state index < -0.39 is 11.9 Å². The van der Waals surface area contributed by atoms with Crippen LogP contribution < -0.4 is 10.9 Å². The number of carbonyl (C=O) groups excluding carboxylic acids is 1.